The quantitative estimate of drug-likeness (QED) is 0.920. The summed E-state index contributed by atoms with van der Waals surface area (Å²) in [6.07, 6.45) is 1.71. The standard InChI is InChI=1S/C15H18N2O2/c1-15(2,3)17-13(18)10-19-12-8-4-6-11-7-5-9-16-14(11)12/h4-9H,10H2,1-3H3,(H,17,18). The molecule has 0 fully saturated rings. The zero-order valence-corrected chi connectivity index (χ0v) is 11.4. The van der Waals surface area contributed by atoms with E-state index in [4.69, 9.17) is 4.74 Å². The molecule has 0 spiro atoms. The normalized spacial score (nSPS) is 11.3. The van der Waals surface area contributed by atoms with Crippen molar-refractivity contribution in [3.63, 3.8) is 0 Å². The predicted octanol–water partition coefficient (Wildman–Crippen LogP) is 2.53. The smallest absolute Gasteiger partial charge is 0.258 e. The summed E-state index contributed by atoms with van der Waals surface area (Å²) in [5.74, 6) is 0.489. The summed E-state index contributed by atoms with van der Waals surface area (Å²) >= 11 is 0. The first kappa shape index (κ1) is 13.3. The van der Waals surface area contributed by atoms with Gasteiger partial charge in [-0.05, 0) is 32.9 Å². The maximum atomic E-state index is 11.7. The van der Waals surface area contributed by atoms with Gasteiger partial charge in [0.2, 0.25) is 0 Å². The Morgan fingerprint density at radius 2 is 2.00 bits per heavy atom. The van der Waals surface area contributed by atoms with Crippen molar-refractivity contribution in [2.24, 2.45) is 0 Å². The van der Waals surface area contributed by atoms with Crippen molar-refractivity contribution in [2.75, 3.05) is 6.61 Å². The largest absolute Gasteiger partial charge is 0.481 e. The molecule has 1 heterocycles. The van der Waals surface area contributed by atoms with E-state index >= 15 is 0 Å². The van der Waals surface area contributed by atoms with Gasteiger partial charge in [0, 0.05) is 17.1 Å². The molecule has 0 atom stereocenters. The lowest BCUT2D eigenvalue weighted by molar-refractivity contribution is -0.124. The van der Waals surface area contributed by atoms with E-state index in [9.17, 15) is 4.79 Å². The minimum Gasteiger partial charge on any atom is -0.481 e. The number of para-hydroxylation sites is 1. The second-order valence-corrected chi connectivity index (χ2v) is 5.42. The van der Waals surface area contributed by atoms with Crippen molar-refractivity contribution in [1.29, 1.82) is 0 Å². The molecule has 0 aliphatic heterocycles. The van der Waals surface area contributed by atoms with Crippen LogP contribution in [0.4, 0.5) is 0 Å². The number of nitrogens with one attached hydrogen (secondary N) is 1. The molecule has 0 aliphatic rings. The van der Waals surface area contributed by atoms with Gasteiger partial charge >= 0.3 is 0 Å². The summed E-state index contributed by atoms with van der Waals surface area (Å²) in [5.41, 5.74) is 0.519. The average Bonchev–Trinajstić information content (AvgIpc) is 2.34. The van der Waals surface area contributed by atoms with Gasteiger partial charge < -0.3 is 10.1 Å². The lowest BCUT2D eigenvalue weighted by Crippen LogP contribution is -2.43. The van der Waals surface area contributed by atoms with Crippen molar-refractivity contribution in [2.45, 2.75) is 26.3 Å². The molecular formula is C15H18N2O2. The van der Waals surface area contributed by atoms with Crippen molar-refractivity contribution in [1.82, 2.24) is 10.3 Å². The van der Waals surface area contributed by atoms with Crippen LogP contribution in [-0.2, 0) is 4.79 Å². The molecule has 4 nitrogen and oxygen atoms in total. The van der Waals surface area contributed by atoms with E-state index in [2.05, 4.69) is 10.3 Å². The van der Waals surface area contributed by atoms with Crippen LogP contribution < -0.4 is 10.1 Å². The topological polar surface area (TPSA) is 51.2 Å². The number of benzene rings is 1. The van der Waals surface area contributed by atoms with Gasteiger partial charge in [0.15, 0.2) is 6.61 Å². The van der Waals surface area contributed by atoms with Crippen LogP contribution in [0.25, 0.3) is 10.9 Å². The first-order valence-corrected chi connectivity index (χ1v) is 6.23. The summed E-state index contributed by atoms with van der Waals surface area (Å²) in [6, 6.07) is 9.51. The van der Waals surface area contributed by atoms with E-state index in [0.29, 0.717) is 5.75 Å². The van der Waals surface area contributed by atoms with Crippen molar-refractivity contribution >= 4 is 16.8 Å². The Labute approximate surface area is 112 Å². The Morgan fingerprint density at radius 1 is 1.26 bits per heavy atom. The Hall–Kier alpha value is -2.10. The van der Waals surface area contributed by atoms with Gasteiger partial charge in [0.05, 0.1) is 0 Å². The third-order valence-electron chi connectivity index (χ3n) is 2.47. The van der Waals surface area contributed by atoms with Crippen LogP contribution in [0.15, 0.2) is 36.5 Å². The minimum atomic E-state index is -0.253. The monoisotopic (exact) mass is 258 g/mol. The zero-order valence-electron chi connectivity index (χ0n) is 11.4. The maximum absolute atomic E-state index is 11.7. The number of amides is 1. The molecular weight excluding hydrogens is 240 g/mol. The Kier molecular flexibility index (Phi) is 3.69. The van der Waals surface area contributed by atoms with Crippen LogP contribution in [0.1, 0.15) is 20.8 Å². The van der Waals surface area contributed by atoms with Gasteiger partial charge in [-0.25, -0.2) is 0 Å². The number of fused-ring (bicyclic) bond motifs is 1. The average molecular weight is 258 g/mol. The van der Waals surface area contributed by atoms with E-state index in [-0.39, 0.29) is 18.1 Å². The fourth-order valence-corrected chi connectivity index (χ4v) is 1.79. The highest BCUT2D eigenvalue weighted by Crippen LogP contribution is 2.22. The van der Waals surface area contributed by atoms with Crippen molar-refractivity contribution in [3.05, 3.63) is 36.5 Å². The van der Waals surface area contributed by atoms with Crippen molar-refractivity contribution in [3.8, 4) is 5.75 Å². The molecule has 0 saturated heterocycles. The third-order valence-corrected chi connectivity index (χ3v) is 2.47. The van der Waals surface area contributed by atoms with Gasteiger partial charge in [0.25, 0.3) is 5.91 Å². The van der Waals surface area contributed by atoms with E-state index in [1.165, 1.54) is 0 Å². The number of aromatic nitrogens is 1. The number of rotatable bonds is 3. The molecule has 4 heteroatoms. The lowest BCUT2D eigenvalue weighted by Gasteiger charge is -2.20. The molecule has 1 aromatic heterocycles. The van der Waals surface area contributed by atoms with Crippen LogP contribution in [0.5, 0.6) is 5.75 Å². The molecule has 1 aromatic carbocycles. The molecule has 100 valence electrons. The highest BCUT2D eigenvalue weighted by Gasteiger charge is 2.14. The number of hydrogen-bond acceptors (Lipinski definition) is 3. The maximum Gasteiger partial charge on any atom is 0.258 e. The molecule has 0 aliphatic carbocycles. The first-order chi connectivity index (χ1) is 8.96. The van der Waals surface area contributed by atoms with Gasteiger partial charge in [-0.15, -0.1) is 0 Å². The highest BCUT2D eigenvalue weighted by molar-refractivity contribution is 5.85. The fraction of sp³-hybridized carbons (Fsp3) is 0.333. The number of hydrogen-bond donors (Lipinski definition) is 1. The second kappa shape index (κ2) is 5.26. The van der Waals surface area contributed by atoms with Crippen molar-refractivity contribution < 1.29 is 9.53 Å². The summed E-state index contributed by atoms with van der Waals surface area (Å²) in [5, 5.41) is 3.85. The summed E-state index contributed by atoms with van der Waals surface area (Å²) < 4.78 is 5.55. The van der Waals surface area contributed by atoms with Gasteiger partial charge in [-0.2, -0.15) is 0 Å². The van der Waals surface area contributed by atoms with Gasteiger partial charge in [-0.3, -0.25) is 9.78 Å². The SMILES string of the molecule is CC(C)(C)NC(=O)COc1cccc2cccnc12. The zero-order chi connectivity index (χ0) is 13.9. The molecule has 0 saturated carbocycles. The predicted molar refractivity (Wildman–Crippen MR) is 75.1 cm³/mol. The molecule has 19 heavy (non-hydrogen) atoms. The fourth-order valence-electron chi connectivity index (χ4n) is 1.79. The van der Waals surface area contributed by atoms with Crippen LogP contribution in [0, 0.1) is 0 Å². The van der Waals surface area contributed by atoms with E-state index in [0.717, 1.165) is 10.9 Å². The van der Waals surface area contributed by atoms with Gasteiger partial charge in [0.1, 0.15) is 11.3 Å². The Balaban J connectivity index is 2.08. The van der Waals surface area contributed by atoms with Crippen LogP contribution in [0.3, 0.4) is 0 Å². The molecule has 2 aromatic rings. The number of carbonyl (C=O) groups excluding carboxylic acids is 1. The Bertz CT molecular complexity index is 583. The van der Waals surface area contributed by atoms with E-state index < -0.39 is 0 Å². The van der Waals surface area contributed by atoms with E-state index in [1.54, 1.807) is 6.20 Å². The molecule has 0 radical (unpaired) electrons. The van der Waals surface area contributed by atoms with Gasteiger partial charge in [-0.1, -0.05) is 18.2 Å². The first-order valence-electron chi connectivity index (χ1n) is 6.23. The highest BCUT2D eigenvalue weighted by atomic mass is 16.5. The molecule has 1 amide bonds. The Morgan fingerprint density at radius 3 is 2.74 bits per heavy atom. The second-order valence-electron chi connectivity index (χ2n) is 5.42. The summed E-state index contributed by atoms with van der Waals surface area (Å²) in [4.78, 5) is 16.0. The van der Waals surface area contributed by atoms with E-state index in [1.807, 2.05) is 51.1 Å². The number of nitrogens with zero attached hydrogens (tertiary/aromatic N) is 1. The van der Waals surface area contributed by atoms with Crippen LogP contribution >= 0.6 is 0 Å². The summed E-state index contributed by atoms with van der Waals surface area (Å²) in [7, 11) is 0. The third kappa shape index (κ3) is 3.68. The number of pyridine rings is 1. The van der Waals surface area contributed by atoms with Crippen LogP contribution in [0.2, 0.25) is 0 Å². The number of carbonyl (C=O) groups is 1. The molecule has 0 bridgehead atoms. The van der Waals surface area contributed by atoms with Crippen LogP contribution in [-0.4, -0.2) is 23.0 Å². The minimum absolute atomic E-state index is 0.00699. The summed E-state index contributed by atoms with van der Waals surface area (Å²) in [6.45, 7) is 5.80. The molecule has 2 rings (SSSR count). The lowest BCUT2D eigenvalue weighted by atomic mass is 10.1. The number of ether oxygens (including phenoxy) is 1. The molecule has 1 N–H and O–H groups in total. The molecule has 0 unspecified atom stereocenters.